The van der Waals surface area contributed by atoms with Crippen molar-refractivity contribution in [2.75, 3.05) is 20.8 Å². The van der Waals surface area contributed by atoms with Crippen LogP contribution in [0.3, 0.4) is 0 Å². The smallest absolute Gasteiger partial charge is 0.348 e. The monoisotopic (exact) mass is 327 g/mol. The highest BCUT2D eigenvalue weighted by molar-refractivity contribution is 5.98. The molecule has 0 unspecified atom stereocenters. The molecule has 0 radical (unpaired) electrons. The molecular formula is C17H17N3O4. The Morgan fingerprint density at radius 2 is 2.08 bits per heavy atom. The van der Waals surface area contributed by atoms with Gasteiger partial charge in [0.2, 0.25) is 0 Å². The molecule has 0 amide bonds. The van der Waals surface area contributed by atoms with E-state index in [4.69, 9.17) is 19.5 Å². The van der Waals surface area contributed by atoms with Crippen molar-refractivity contribution in [1.29, 1.82) is 5.26 Å². The Morgan fingerprint density at radius 3 is 2.71 bits per heavy atom. The van der Waals surface area contributed by atoms with E-state index in [0.29, 0.717) is 22.8 Å². The zero-order valence-corrected chi connectivity index (χ0v) is 13.6. The van der Waals surface area contributed by atoms with Crippen molar-refractivity contribution in [3.63, 3.8) is 0 Å². The SMILES string of the molecule is CCOC(=O)/C(C#N)=C\c1cn[nH]c1-c1ccc(OC)c(OC)c1. The maximum atomic E-state index is 11.8. The van der Waals surface area contributed by atoms with Gasteiger partial charge in [-0.05, 0) is 31.2 Å². The third kappa shape index (κ3) is 3.55. The van der Waals surface area contributed by atoms with Crippen LogP contribution in [0.2, 0.25) is 0 Å². The highest BCUT2D eigenvalue weighted by Gasteiger charge is 2.14. The summed E-state index contributed by atoms with van der Waals surface area (Å²) in [4.78, 5) is 11.8. The molecule has 0 saturated heterocycles. The highest BCUT2D eigenvalue weighted by atomic mass is 16.5. The zero-order chi connectivity index (χ0) is 17.5. The number of benzene rings is 1. The molecule has 0 aliphatic carbocycles. The summed E-state index contributed by atoms with van der Waals surface area (Å²) >= 11 is 0. The normalized spacial score (nSPS) is 10.8. The average Bonchev–Trinajstić information content (AvgIpc) is 3.07. The largest absolute Gasteiger partial charge is 0.493 e. The van der Waals surface area contributed by atoms with Gasteiger partial charge in [0.15, 0.2) is 11.5 Å². The summed E-state index contributed by atoms with van der Waals surface area (Å²) in [6.45, 7) is 1.88. The third-order valence-corrected chi connectivity index (χ3v) is 3.26. The van der Waals surface area contributed by atoms with Gasteiger partial charge in [-0.1, -0.05) is 0 Å². The fraction of sp³-hybridized carbons (Fsp3) is 0.235. The number of nitriles is 1. The van der Waals surface area contributed by atoms with Crippen molar-refractivity contribution in [3.8, 4) is 28.8 Å². The molecule has 0 fully saturated rings. The van der Waals surface area contributed by atoms with Crippen LogP contribution in [0.25, 0.3) is 17.3 Å². The van der Waals surface area contributed by atoms with Gasteiger partial charge in [-0.2, -0.15) is 10.4 Å². The molecule has 0 saturated carbocycles. The molecule has 124 valence electrons. The minimum Gasteiger partial charge on any atom is -0.493 e. The van der Waals surface area contributed by atoms with Gasteiger partial charge in [-0.3, -0.25) is 5.10 Å². The number of aromatic amines is 1. The van der Waals surface area contributed by atoms with Gasteiger partial charge in [0.25, 0.3) is 0 Å². The Kier molecular flexibility index (Phi) is 5.58. The summed E-state index contributed by atoms with van der Waals surface area (Å²) in [6, 6.07) is 7.21. The van der Waals surface area contributed by atoms with Crippen LogP contribution in [0.1, 0.15) is 12.5 Å². The van der Waals surface area contributed by atoms with Crippen LogP contribution in [0, 0.1) is 11.3 Å². The first-order valence-electron chi connectivity index (χ1n) is 7.19. The molecule has 0 spiro atoms. The second-order valence-electron chi connectivity index (χ2n) is 4.66. The molecule has 7 heteroatoms. The Bertz CT molecular complexity index is 802. The number of rotatable bonds is 6. The standard InChI is InChI=1S/C17H17N3O4/c1-4-24-17(21)12(9-18)7-13-10-19-20-16(13)11-5-6-14(22-2)15(8-11)23-3/h5-8,10H,4H2,1-3H3,(H,19,20)/b12-7-. The molecule has 2 aromatic rings. The summed E-state index contributed by atoms with van der Waals surface area (Å²) in [6.07, 6.45) is 2.97. The molecule has 1 N–H and O–H groups in total. The van der Waals surface area contributed by atoms with Gasteiger partial charge in [-0.25, -0.2) is 4.79 Å². The highest BCUT2D eigenvalue weighted by Crippen LogP contribution is 2.33. The Labute approximate surface area is 139 Å². The summed E-state index contributed by atoms with van der Waals surface area (Å²) in [7, 11) is 3.10. The van der Waals surface area contributed by atoms with Gasteiger partial charge in [0.05, 0.1) is 32.7 Å². The number of esters is 1. The van der Waals surface area contributed by atoms with E-state index in [1.54, 1.807) is 33.3 Å². The van der Waals surface area contributed by atoms with E-state index in [1.807, 2.05) is 12.1 Å². The van der Waals surface area contributed by atoms with Crippen molar-refractivity contribution in [2.45, 2.75) is 6.92 Å². The Balaban J connectivity index is 2.44. The van der Waals surface area contributed by atoms with Crippen LogP contribution in [0.15, 0.2) is 30.0 Å². The van der Waals surface area contributed by atoms with Crippen LogP contribution in [0.5, 0.6) is 11.5 Å². The van der Waals surface area contributed by atoms with Crippen LogP contribution in [0.4, 0.5) is 0 Å². The molecule has 2 rings (SSSR count). The Morgan fingerprint density at radius 1 is 1.33 bits per heavy atom. The average molecular weight is 327 g/mol. The number of aromatic nitrogens is 2. The lowest BCUT2D eigenvalue weighted by atomic mass is 10.1. The van der Waals surface area contributed by atoms with Crippen molar-refractivity contribution >= 4 is 12.0 Å². The number of H-pyrrole nitrogens is 1. The predicted molar refractivity (Wildman–Crippen MR) is 87.4 cm³/mol. The lowest BCUT2D eigenvalue weighted by Gasteiger charge is -2.09. The van der Waals surface area contributed by atoms with E-state index in [1.165, 1.54) is 12.3 Å². The molecule has 0 aliphatic heterocycles. The zero-order valence-electron chi connectivity index (χ0n) is 13.6. The van der Waals surface area contributed by atoms with Crippen LogP contribution in [-0.2, 0) is 9.53 Å². The van der Waals surface area contributed by atoms with E-state index >= 15 is 0 Å². The predicted octanol–water partition coefficient (Wildman–Crippen LogP) is 2.56. The molecule has 1 heterocycles. The summed E-state index contributed by atoms with van der Waals surface area (Å²) in [5, 5.41) is 16.0. The quantitative estimate of drug-likeness (QED) is 0.497. The van der Waals surface area contributed by atoms with Crippen molar-refractivity contribution < 1.29 is 19.0 Å². The van der Waals surface area contributed by atoms with Crippen LogP contribution < -0.4 is 9.47 Å². The van der Waals surface area contributed by atoms with E-state index in [-0.39, 0.29) is 12.2 Å². The molecule has 0 bridgehead atoms. The summed E-state index contributed by atoms with van der Waals surface area (Å²) in [5.74, 6) is 0.493. The van der Waals surface area contributed by atoms with Crippen molar-refractivity contribution in [2.24, 2.45) is 0 Å². The van der Waals surface area contributed by atoms with Gasteiger partial charge < -0.3 is 14.2 Å². The first kappa shape index (κ1) is 17.1. The third-order valence-electron chi connectivity index (χ3n) is 3.26. The second kappa shape index (κ2) is 7.83. The number of hydrogen-bond acceptors (Lipinski definition) is 6. The minimum absolute atomic E-state index is 0.0972. The molecule has 1 aromatic carbocycles. The number of carbonyl (C=O) groups excluding carboxylic acids is 1. The lowest BCUT2D eigenvalue weighted by molar-refractivity contribution is -0.137. The van der Waals surface area contributed by atoms with Crippen LogP contribution >= 0.6 is 0 Å². The molecule has 24 heavy (non-hydrogen) atoms. The second-order valence-corrected chi connectivity index (χ2v) is 4.66. The number of nitrogens with zero attached hydrogens (tertiary/aromatic N) is 2. The number of nitrogens with one attached hydrogen (secondary N) is 1. The lowest BCUT2D eigenvalue weighted by Crippen LogP contribution is -2.06. The molecule has 7 nitrogen and oxygen atoms in total. The van der Waals surface area contributed by atoms with E-state index in [9.17, 15) is 4.79 Å². The molecule has 1 aromatic heterocycles. The molecular weight excluding hydrogens is 310 g/mol. The van der Waals surface area contributed by atoms with E-state index in [2.05, 4.69) is 10.2 Å². The molecule has 0 aliphatic rings. The van der Waals surface area contributed by atoms with Crippen molar-refractivity contribution in [3.05, 3.63) is 35.5 Å². The molecule has 0 atom stereocenters. The van der Waals surface area contributed by atoms with Crippen molar-refractivity contribution in [1.82, 2.24) is 10.2 Å². The number of ether oxygens (including phenoxy) is 3. The minimum atomic E-state index is -0.667. The maximum Gasteiger partial charge on any atom is 0.348 e. The maximum absolute atomic E-state index is 11.8. The van der Waals surface area contributed by atoms with E-state index < -0.39 is 5.97 Å². The van der Waals surface area contributed by atoms with Crippen LogP contribution in [-0.4, -0.2) is 37.0 Å². The van der Waals surface area contributed by atoms with Gasteiger partial charge in [0.1, 0.15) is 11.6 Å². The number of hydrogen-bond donors (Lipinski definition) is 1. The van der Waals surface area contributed by atoms with Gasteiger partial charge in [-0.15, -0.1) is 0 Å². The topological polar surface area (TPSA) is 97.2 Å². The first-order valence-corrected chi connectivity index (χ1v) is 7.19. The number of carbonyl (C=O) groups is 1. The van der Waals surface area contributed by atoms with E-state index in [0.717, 1.165) is 5.56 Å². The van der Waals surface area contributed by atoms with Gasteiger partial charge >= 0.3 is 5.97 Å². The fourth-order valence-electron chi connectivity index (χ4n) is 2.13. The Hall–Kier alpha value is -3.27. The fourth-order valence-corrected chi connectivity index (χ4v) is 2.13. The van der Waals surface area contributed by atoms with Gasteiger partial charge in [0, 0.05) is 11.1 Å². The first-order chi connectivity index (χ1) is 11.6. The summed E-state index contributed by atoms with van der Waals surface area (Å²) < 4.78 is 15.4. The summed E-state index contributed by atoms with van der Waals surface area (Å²) in [5.41, 5.74) is 1.91. The number of methoxy groups -OCH3 is 2.